The lowest BCUT2D eigenvalue weighted by Gasteiger charge is -2.18. The van der Waals surface area contributed by atoms with Crippen LogP contribution in [0, 0.1) is 0 Å². The van der Waals surface area contributed by atoms with E-state index < -0.39 is 11.5 Å². The van der Waals surface area contributed by atoms with Crippen LogP contribution in [0.5, 0.6) is 0 Å². The van der Waals surface area contributed by atoms with Gasteiger partial charge < -0.3 is 14.2 Å². The number of aromatic nitrogens is 3. The molecule has 3 rings (SSSR count). The topological polar surface area (TPSA) is 68.8 Å². The monoisotopic (exact) mass is 370 g/mol. The van der Waals surface area contributed by atoms with Gasteiger partial charge >= 0.3 is 5.97 Å². The number of carbonyl (C=O) groups is 1. The third-order valence-corrected chi connectivity index (χ3v) is 4.84. The fourth-order valence-electron chi connectivity index (χ4n) is 3.40. The Hall–Kier alpha value is -2.67. The molecular formula is C20H26N4O3. The van der Waals surface area contributed by atoms with Crippen molar-refractivity contribution in [1.29, 1.82) is 0 Å². The fraction of sp³-hybridized carbons (Fsp3) is 0.450. The number of para-hydroxylation sites is 2. The SMILES string of the molecule is CCOC(=O)c1cnc2n(CCCN(CC)CC)c3ccccc3n2c1=O. The normalized spacial score (nSPS) is 11.6. The molecule has 2 heterocycles. The second kappa shape index (κ2) is 8.35. The van der Waals surface area contributed by atoms with Crippen LogP contribution in [-0.4, -0.2) is 51.1 Å². The van der Waals surface area contributed by atoms with Gasteiger partial charge in [0.1, 0.15) is 5.56 Å². The third kappa shape index (κ3) is 3.60. The van der Waals surface area contributed by atoms with Crippen LogP contribution in [0.4, 0.5) is 0 Å². The number of ether oxygens (including phenoxy) is 1. The molecule has 7 heteroatoms. The van der Waals surface area contributed by atoms with E-state index in [2.05, 4.69) is 28.3 Å². The van der Waals surface area contributed by atoms with Gasteiger partial charge in [-0.1, -0.05) is 26.0 Å². The van der Waals surface area contributed by atoms with Crippen molar-refractivity contribution < 1.29 is 9.53 Å². The Morgan fingerprint density at radius 3 is 2.52 bits per heavy atom. The lowest BCUT2D eigenvalue weighted by Crippen LogP contribution is -2.25. The van der Waals surface area contributed by atoms with Crippen molar-refractivity contribution in [2.24, 2.45) is 0 Å². The molecule has 0 saturated heterocycles. The molecule has 0 radical (unpaired) electrons. The molecule has 144 valence electrons. The molecule has 3 aromatic rings. The molecule has 2 aromatic heterocycles. The minimum absolute atomic E-state index is 0.0413. The first-order valence-corrected chi connectivity index (χ1v) is 9.50. The van der Waals surface area contributed by atoms with Gasteiger partial charge in [-0.3, -0.25) is 4.79 Å². The van der Waals surface area contributed by atoms with E-state index in [1.165, 1.54) is 10.6 Å². The Labute approximate surface area is 158 Å². The first-order valence-electron chi connectivity index (χ1n) is 9.50. The van der Waals surface area contributed by atoms with Crippen LogP contribution in [0.3, 0.4) is 0 Å². The molecule has 0 N–H and O–H groups in total. The lowest BCUT2D eigenvalue weighted by atomic mass is 10.3. The van der Waals surface area contributed by atoms with Crippen molar-refractivity contribution in [3.05, 3.63) is 46.4 Å². The lowest BCUT2D eigenvalue weighted by molar-refractivity contribution is 0.0523. The maximum atomic E-state index is 12.9. The zero-order valence-electron chi connectivity index (χ0n) is 16.1. The van der Waals surface area contributed by atoms with E-state index in [0.717, 1.165) is 43.6 Å². The Kier molecular flexibility index (Phi) is 5.91. The van der Waals surface area contributed by atoms with Crippen LogP contribution >= 0.6 is 0 Å². The summed E-state index contributed by atoms with van der Waals surface area (Å²) < 4.78 is 8.55. The zero-order valence-corrected chi connectivity index (χ0v) is 16.1. The molecule has 0 aliphatic heterocycles. The first-order chi connectivity index (χ1) is 13.1. The summed E-state index contributed by atoms with van der Waals surface area (Å²) in [5.74, 6) is -0.0865. The molecule has 0 atom stereocenters. The van der Waals surface area contributed by atoms with Crippen LogP contribution in [-0.2, 0) is 11.3 Å². The molecule has 0 spiro atoms. The fourth-order valence-corrected chi connectivity index (χ4v) is 3.40. The van der Waals surface area contributed by atoms with Crippen molar-refractivity contribution in [3.8, 4) is 0 Å². The van der Waals surface area contributed by atoms with Gasteiger partial charge in [-0.25, -0.2) is 14.2 Å². The van der Waals surface area contributed by atoms with Gasteiger partial charge in [-0.2, -0.15) is 0 Å². The number of hydrogen-bond acceptors (Lipinski definition) is 5. The highest BCUT2D eigenvalue weighted by atomic mass is 16.5. The van der Waals surface area contributed by atoms with Gasteiger partial charge in [0.05, 0.1) is 23.8 Å². The summed E-state index contributed by atoms with van der Waals surface area (Å²) in [4.78, 5) is 31.8. The Bertz CT molecular complexity index is 1000. The number of carbonyl (C=O) groups excluding carboxylic acids is 1. The molecule has 0 unspecified atom stereocenters. The maximum Gasteiger partial charge on any atom is 0.345 e. The van der Waals surface area contributed by atoms with Crippen molar-refractivity contribution in [2.45, 2.75) is 33.7 Å². The van der Waals surface area contributed by atoms with Crippen LogP contribution in [0.2, 0.25) is 0 Å². The summed E-state index contributed by atoms with van der Waals surface area (Å²) in [5.41, 5.74) is 1.25. The van der Waals surface area contributed by atoms with E-state index in [4.69, 9.17) is 4.74 Å². The van der Waals surface area contributed by atoms with E-state index >= 15 is 0 Å². The Morgan fingerprint density at radius 1 is 1.15 bits per heavy atom. The highest BCUT2D eigenvalue weighted by molar-refractivity contribution is 5.90. The smallest absolute Gasteiger partial charge is 0.345 e. The summed E-state index contributed by atoms with van der Waals surface area (Å²) in [6.45, 7) is 10.0. The van der Waals surface area contributed by atoms with Crippen LogP contribution in [0.15, 0.2) is 35.3 Å². The number of benzene rings is 1. The zero-order chi connectivity index (χ0) is 19.4. The van der Waals surface area contributed by atoms with E-state index in [9.17, 15) is 9.59 Å². The molecule has 0 saturated carbocycles. The van der Waals surface area contributed by atoms with Gasteiger partial charge in [0, 0.05) is 6.54 Å². The van der Waals surface area contributed by atoms with Crippen LogP contribution in [0.1, 0.15) is 37.6 Å². The maximum absolute atomic E-state index is 12.9. The number of nitrogens with zero attached hydrogens (tertiary/aromatic N) is 4. The number of fused-ring (bicyclic) bond motifs is 3. The largest absolute Gasteiger partial charge is 0.462 e. The Balaban J connectivity index is 2.07. The summed E-state index contributed by atoms with van der Waals surface area (Å²) >= 11 is 0. The molecule has 0 amide bonds. The van der Waals surface area contributed by atoms with E-state index in [1.807, 2.05) is 24.3 Å². The summed E-state index contributed by atoms with van der Waals surface area (Å²) in [5, 5.41) is 0. The predicted molar refractivity (Wildman–Crippen MR) is 105 cm³/mol. The molecule has 0 aliphatic carbocycles. The van der Waals surface area contributed by atoms with Gasteiger partial charge in [0.2, 0.25) is 5.78 Å². The van der Waals surface area contributed by atoms with Gasteiger partial charge in [-0.15, -0.1) is 0 Å². The van der Waals surface area contributed by atoms with Crippen molar-refractivity contribution in [1.82, 2.24) is 18.9 Å². The quantitative estimate of drug-likeness (QED) is 0.570. The third-order valence-electron chi connectivity index (χ3n) is 4.84. The number of hydrogen-bond donors (Lipinski definition) is 0. The van der Waals surface area contributed by atoms with Crippen LogP contribution in [0.25, 0.3) is 16.8 Å². The standard InChI is InChI=1S/C20H26N4O3/c1-4-22(5-2)12-9-13-23-16-10-7-8-11-17(16)24-18(25)15(14-21-20(23)24)19(26)27-6-3/h7-8,10-11,14H,4-6,9,12-13H2,1-3H3. The first kappa shape index (κ1) is 19.1. The highest BCUT2D eigenvalue weighted by Crippen LogP contribution is 2.19. The van der Waals surface area contributed by atoms with Crippen molar-refractivity contribution in [2.75, 3.05) is 26.2 Å². The molecule has 0 aliphatic rings. The van der Waals surface area contributed by atoms with Crippen molar-refractivity contribution in [3.63, 3.8) is 0 Å². The highest BCUT2D eigenvalue weighted by Gasteiger charge is 2.19. The summed E-state index contributed by atoms with van der Waals surface area (Å²) in [6, 6.07) is 7.68. The number of rotatable bonds is 8. The Morgan fingerprint density at radius 2 is 1.85 bits per heavy atom. The number of esters is 1. The molecule has 0 bridgehead atoms. The van der Waals surface area contributed by atoms with Gasteiger partial charge in [0.25, 0.3) is 5.56 Å². The number of imidazole rings is 1. The molecule has 0 fully saturated rings. The van der Waals surface area contributed by atoms with Gasteiger partial charge in [-0.05, 0) is 45.1 Å². The minimum atomic E-state index is -0.636. The summed E-state index contributed by atoms with van der Waals surface area (Å²) in [7, 11) is 0. The van der Waals surface area contributed by atoms with E-state index in [-0.39, 0.29) is 12.2 Å². The summed E-state index contributed by atoms with van der Waals surface area (Å²) in [6.07, 6.45) is 2.28. The second-order valence-corrected chi connectivity index (χ2v) is 6.35. The molecular weight excluding hydrogens is 344 g/mol. The van der Waals surface area contributed by atoms with Gasteiger partial charge in [0.15, 0.2) is 0 Å². The van der Waals surface area contributed by atoms with Crippen LogP contribution < -0.4 is 5.56 Å². The molecule has 7 nitrogen and oxygen atoms in total. The van der Waals surface area contributed by atoms with Crippen molar-refractivity contribution >= 4 is 22.8 Å². The molecule has 1 aromatic carbocycles. The number of aryl methyl sites for hydroxylation is 1. The van der Waals surface area contributed by atoms with E-state index in [0.29, 0.717) is 5.78 Å². The average molecular weight is 370 g/mol. The average Bonchev–Trinajstić information content (AvgIpc) is 3.00. The second-order valence-electron chi connectivity index (χ2n) is 6.35. The predicted octanol–water partition coefficient (Wildman–Crippen LogP) is 2.56. The molecule has 27 heavy (non-hydrogen) atoms. The minimum Gasteiger partial charge on any atom is -0.462 e. The van der Waals surface area contributed by atoms with E-state index in [1.54, 1.807) is 6.92 Å².